The minimum absolute atomic E-state index is 0.130. The van der Waals surface area contributed by atoms with Gasteiger partial charge in [0.1, 0.15) is 5.75 Å². The van der Waals surface area contributed by atoms with Gasteiger partial charge in [0.15, 0.2) is 0 Å². The molecule has 1 amide bonds. The van der Waals surface area contributed by atoms with Crippen LogP contribution in [0, 0.1) is 6.92 Å². The minimum atomic E-state index is -3.58. The van der Waals surface area contributed by atoms with Gasteiger partial charge in [-0.25, -0.2) is 12.7 Å². The van der Waals surface area contributed by atoms with E-state index in [0.29, 0.717) is 17.7 Å². The first-order valence-corrected chi connectivity index (χ1v) is 12.2. The molecule has 0 radical (unpaired) electrons. The molecule has 0 aliphatic rings. The fourth-order valence-corrected chi connectivity index (χ4v) is 4.65. The van der Waals surface area contributed by atoms with E-state index < -0.39 is 10.0 Å². The number of ether oxygens (including phenoxy) is 1. The lowest BCUT2D eigenvalue weighted by Gasteiger charge is -2.22. The predicted molar refractivity (Wildman–Crippen MR) is 130 cm³/mol. The van der Waals surface area contributed by atoms with Crippen LogP contribution in [0.1, 0.15) is 34.7 Å². The highest BCUT2D eigenvalue weighted by molar-refractivity contribution is 7.89. The molecule has 3 rings (SSSR count). The maximum atomic E-state index is 13.0. The van der Waals surface area contributed by atoms with Crippen LogP contribution in [-0.2, 0) is 21.2 Å². The third-order valence-electron chi connectivity index (χ3n) is 5.59. The molecular formula is C26H30N2O4S. The lowest BCUT2D eigenvalue weighted by molar-refractivity contribution is -0.121. The Morgan fingerprint density at radius 1 is 1.00 bits per heavy atom. The van der Waals surface area contributed by atoms with Gasteiger partial charge in [0.2, 0.25) is 15.9 Å². The molecule has 0 aromatic heterocycles. The molecule has 3 aromatic rings. The van der Waals surface area contributed by atoms with Gasteiger partial charge < -0.3 is 10.1 Å². The van der Waals surface area contributed by atoms with Crippen molar-refractivity contribution in [3.8, 4) is 5.75 Å². The van der Waals surface area contributed by atoms with Crippen LogP contribution < -0.4 is 10.1 Å². The number of nitrogens with one attached hydrogen (secondary N) is 1. The van der Waals surface area contributed by atoms with Crippen LogP contribution in [0.5, 0.6) is 5.75 Å². The van der Waals surface area contributed by atoms with Gasteiger partial charge >= 0.3 is 0 Å². The quantitative estimate of drug-likeness (QED) is 0.515. The lowest BCUT2D eigenvalue weighted by Crippen LogP contribution is -2.30. The summed E-state index contributed by atoms with van der Waals surface area (Å²) in [6.45, 7) is 2.03. The number of sulfonamides is 1. The van der Waals surface area contributed by atoms with Crippen molar-refractivity contribution in [3.63, 3.8) is 0 Å². The zero-order valence-corrected chi connectivity index (χ0v) is 20.2. The normalized spacial score (nSPS) is 12.4. The van der Waals surface area contributed by atoms with Crippen molar-refractivity contribution in [2.75, 3.05) is 21.2 Å². The summed E-state index contributed by atoms with van der Waals surface area (Å²) in [5, 5.41) is 3.16. The van der Waals surface area contributed by atoms with E-state index in [9.17, 15) is 13.2 Å². The highest BCUT2D eigenvalue weighted by Gasteiger charge is 2.21. The average Bonchev–Trinajstić information content (AvgIpc) is 2.82. The third-order valence-corrected chi connectivity index (χ3v) is 7.40. The highest BCUT2D eigenvalue weighted by Crippen LogP contribution is 2.27. The van der Waals surface area contributed by atoms with E-state index in [2.05, 4.69) is 5.32 Å². The van der Waals surface area contributed by atoms with Gasteiger partial charge in [-0.2, -0.15) is 0 Å². The molecular weight excluding hydrogens is 436 g/mol. The number of methoxy groups -OCH3 is 1. The maximum absolute atomic E-state index is 13.0. The first kappa shape index (κ1) is 24.5. The molecule has 6 nitrogen and oxygen atoms in total. The predicted octanol–water partition coefficient (Wildman–Crippen LogP) is 4.09. The number of aryl methyl sites for hydroxylation is 2. The average molecular weight is 467 g/mol. The Balaban J connectivity index is 1.82. The number of benzene rings is 3. The van der Waals surface area contributed by atoms with E-state index in [1.165, 1.54) is 27.3 Å². The molecule has 0 spiro atoms. The number of amides is 1. The summed E-state index contributed by atoms with van der Waals surface area (Å²) in [6, 6.07) is 22.3. The second kappa shape index (κ2) is 10.6. The van der Waals surface area contributed by atoms with Gasteiger partial charge in [-0.15, -0.1) is 0 Å². The van der Waals surface area contributed by atoms with E-state index in [-0.39, 0.29) is 23.3 Å². The zero-order chi connectivity index (χ0) is 24.0. The largest absolute Gasteiger partial charge is 0.496 e. The van der Waals surface area contributed by atoms with E-state index in [1.54, 1.807) is 12.1 Å². The van der Waals surface area contributed by atoms with Crippen molar-refractivity contribution in [2.45, 2.75) is 30.7 Å². The number of nitrogens with zero attached hydrogens (tertiary/aromatic N) is 1. The van der Waals surface area contributed by atoms with E-state index in [4.69, 9.17) is 4.74 Å². The van der Waals surface area contributed by atoms with Gasteiger partial charge in [-0.3, -0.25) is 4.79 Å². The second-order valence-electron chi connectivity index (χ2n) is 8.03. The molecule has 0 heterocycles. The van der Waals surface area contributed by atoms with E-state index in [1.807, 2.05) is 61.5 Å². The fraction of sp³-hybridized carbons (Fsp3) is 0.269. The number of carbonyl (C=O) groups excluding carboxylic acids is 1. The van der Waals surface area contributed by atoms with Crippen LogP contribution in [0.3, 0.4) is 0 Å². The molecule has 0 bridgehead atoms. The third kappa shape index (κ3) is 5.80. The van der Waals surface area contributed by atoms with Crippen molar-refractivity contribution in [1.29, 1.82) is 0 Å². The van der Waals surface area contributed by atoms with Gasteiger partial charge in [0, 0.05) is 20.5 Å². The zero-order valence-electron chi connectivity index (χ0n) is 19.4. The highest BCUT2D eigenvalue weighted by atomic mass is 32.2. The number of carbonyl (C=O) groups is 1. The first-order valence-electron chi connectivity index (χ1n) is 10.7. The first-order chi connectivity index (χ1) is 15.7. The maximum Gasteiger partial charge on any atom is 0.242 e. The summed E-state index contributed by atoms with van der Waals surface area (Å²) in [7, 11) is 0.925. The minimum Gasteiger partial charge on any atom is -0.496 e. The van der Waals surface area contributed by atoms with E-state index in [0.717, 1.165) is 21.0 Å². The summed E-state index contributed by atoms with van der Waals surface area (Å²) in [6.07, 6.45) is 0.540. The molecule has 0 saturated carbocycles. The summed E-state index contributed by atoms with van der Waals surface area (Å²) < 4.78 is 31.6. The number of hydrogen-bond donors (Lipinski definition) is 1. The van der Waals surface area contributed by atoms with Crippen molar-refractivity contribution >= 4 is 15.9 Å². The monoisotopic (exact) mass is 466 g/mol. The van der Waals surface area contributed by atoms with Gasteiger partial charge in [0.25, 0.3) is 0 Å². The Hall–Kier alpha value is -3.16. The standard InChI is InChI=1S/C26H30N2O4S/c1-19-10-8-9-13-23(19)26(20-11-6-5-7-12-20)27-25(29)17-14-21-18-22(15-16-24(21)32-4)33(30,31)28(2)3/h5-13,15-16,18,26H,14,17H2,1-4H3,(H,27,29)/t26-/m0/s1. The van der Waals surface area contributed by atoms with Crippen LogP contribution in [0.15, 0.2) is 77.7 Å². The summed E-state index contributed by atoms with van der Waals surface area (Å²) in [4.78, 5) is 13.2. The molecule has 0 aliphatic carbocycles. The summed E-state index contributed by atoms with van der Waals surface area (Å²) in [5.74, 6) is 0.425. The summed E-state index contributed by atoms with van der Waals surface area (Å²) in [5.41, 5.74) is 3.79. The molecule has 0 aliphatic heterocycles. The molecule has 1 N–H and O–H groups in total. The van der Waals surface area contributed by atoms with Crippen molar-refractivity contribution < 1.29 is 17.9 Å². The Labute approximate surface area is 196 Å². The van der Waals surface area contributed by atoms with Crippen molar-refractivity contribution in [2.24, 2.45) is 0 Å². The van der Waals surface area contributed by atoms with Gasteiger partial charge in [-0.05, 0) is 53.8 Å². The Kier molecular flexibility index (Phi) is 7.89. The Bertz CT molecular complexity index is 1210. The number of hydrogen-bond acceptors (Lipinski definition) is 4. The molecule has 0 saturated heterocycles. The molecule has 33 heavy (non-hydrogen) atoms. The van der Waals surface area contributed by atoms with Crippen LogP contribution in [-0.4, -0.2) is 39.8 Å². The van der Waals surface area contributed by atoms with Gasteiger partial charge in [-0.1, -0.05) is 54.6 Å². The van der Waals surface area contributed by atoms with E-state index >= 15 is 0 Å². The van der Waals surface area contributed by atoms with Crippen molar-refractivity contribution in [1.82, 2.24) is 9.62 Å². The second-order valence-corrected chi connectivity index (χ2v) is 10.2. The fourth-order valence-electron chi connectivity index (χ4n) is 3.70. The molecule has 0 fully saturated rings. The van der Waals surface area contributed by atoms with Crippen molar-refractivity contribution in [3.05, 3.63) is 95.1 Å². The number of rotatable bonds is 9. The Morgan fingerprint density at radius 2 is 1.67 bits per heavy atom. The van der Waals surface area contributed by atoms with Crippen LogP contribution in [0.4, 0.5) is 0 Å². The Morgan fingerprint density at radius 3 is 2.30 bits per heavy atom. The topological polar surface area (TPSA) is 75.7 Å². The smallest absolute Gasteiger partial charge is 0.242 e. The summed E-state index contributed by atoms with van der Waals surface area (Å²) >= 11 is 0. The lowest BCUT2D eigenvalue weighted by atomic mass is 9.94. The molecule has 0 unspecified atom stereocenters. The van der Waals surface area contributed by atoms with Crippen LogP contribution >= 0.6 is 0 Å². The molecule has 174 valence electrons. The molecule has 1 atom stereocenters. The van der Waals surface area contributed by atoms with Gasteiger partial charge in [0.05, 0.1) is 18.0 Å². The van der Waals surface area contributed by atoms with Crippen LogP contribution in [0.2, 0.25) is 0 Å². The van der Waals surface area contributed by atoms with Crippen LogP contribution in [0.25, 0.3) is 0 Å². The molecule has 3 aromatic carbocycles. The SMILES string of the molecule is COc1ccc(S(=O)(=O)N(C)C)cc1CCC(=O)N[C@@H](c1ccccc1)c1ccccc1C. The molecule has 7 heteroatoms.